The summed E-state index contributed by atoms with van der Waals surface area (Å²) in [5, 5.41) is 4.60. The number of pyridine rings is 1. The number of thiazole rings is 1. The van der Waals surface area contributed by atoms with E-state index >= 15 is 0 Å². The van der Waals surface area contributed by atoms with Crippen LogP contribution in [0.3, 0.4) is 0 Å². The van der Waals surface area contributed by atoms with Gasteiger partial charge in [-0.25, -0.2) is 9.97 Å². The largest absolute Gasteiger partial charge is 0.496 e. The lowest BCUT2D eigenvalue weighted by atomic mass is 10.1. The SMILES string of the molecule is COc1ccc2c(Cl)cc(-c3nc(C(C)C)cs3)nc2c1C. The smallest absolute Gasteiger partial charge is 0.142 e. The quantitative estimate of drug-likeness (QED) is 0.639. The fraction of sp³-hybridized carbons (Fsp3) is 0.294. The maximum Gasteiger partial charge on any atom is 0.142 e. The Balaban J connectivity index is 2.20. The van der Waals surface area contributed by atoms with E-state index < -0.39 is 0 Å². The Morgan fingerprint density at radius 1 is 1.23 bits per heavy atom. The minimum absolute atomic E-state index is 0.405. The van der Waals surface area contributed by atoms with Crippen LogP contribution >= 0.6 is 22.9 Å². The monoisotopic (exact) mass is 332 g/mol. The number of methoxy groups -OCH3 is 1. The van der Waals surface area contributed by atoms with Gasteiger partial charge in [-0.05, 0) is 31.0 Å². The lowest BCUT2D eigenvalue weighted by Crippen LogP contribution is -1.93. The summed E-state index contributed by atoms with van der Waals surface area (Å²) in [6.07, 6.45) is 0. The van der Waals surface area contributed by atoms with E-state index in [9.17, 15) is 0 Å². The number of benzene rings is 1. The highest BCUT2D eigenvalue weighted by molar-refractivity contribution is 7.13. The Morgan fingerprint density at radius 3 is 2.64 bits per heavy atom. The second-order valence-corrected chi connectivity index (χ2v) is 6.78. The van der Waals surface area contributed by atoms with E-state index in [1.807, 2.05) is 25.1 Å². The normalized spacial score (nSPS) is 11.4. The van der Waals surface area contributed by atoms with Crippen molar-refractivity contribution in [1.29, 1.82) is 0 Å². The molecular formula is C17H17ClN2OS. The zero-order valence-corrected chi connectivity index (χ0v) is 14.5. The second-order valence-electron chi connectivity index (χ2n) is 5.51. The van der Waals surface area contributed by atoms with Gasteiger partial charge >= 0.3 is 0 Å². The zero-order chi connectivity index (χ0) is 15.9. The van der Waals surface area contributed by atoms with E-state index in [2.05, 4.69) is 24.2 Å². The van der Waals surface area contributed by atoms with Crippen LogP contribution in [0.2, 0.25) is 5.02 Å². The van der Waals surface area contributed by atoms with Gasteiger partial charge in [0, 0.05) is 16.3 Å². The van der Waals surface area contributed by atoms with Crippen molar-refractivity contribution >= 4 is 33.8 Å². The van der Waals surface area contributed by atoms with Gasteiger partial charge in [0.25, 0.3) is 0 Å². The topological polar surface area (TPSA) is 35.0 Å². The average molecular weight is 333 g/mol. The summed E-state index contributed by atoms with van der Waals surface area (Å²) in [4.78, 5) is 9.44. The van der Waals surface area contributed by atoms with Gasteiger partial charge in [0.2, 0.25) is 0 Å². The molecule has 0 fully saturated rings. The van der Waals surface area contributed by atoms with Gasteiger partial charge in [-0.2, -0.15) is 0 Å². The number of nitrogens with zero attached hydrogens (tertiary/aromatic N) is 2. The van der Waals surface area contributed by atoms with Gasteiger partial charge in [0.1, 0.15) is 16.5 Å². The van der Waals surface area contributed by atoms with Crippen LogP contribution in [0.25, 0.3) is 21.6 Å². The molecule has 1 aromatic carbocycles. The number of halogens is 1. The molecular weight excluding hydrogens is 316 g/mol. The van der Waals surface area contributed by atoms with Crippen molar-refractivity contribution in [2.75, 3.05) is 7.11 Å². The average Bonchev–Trinajstić information content (AvgIpc) is 2.98. The predicted molar refractivity (Wildman–Crippen MR) is 93.2 cm³/mol. The molecule has 0 bridgehead atoms. The molecule has 22 heavy (non-hydrogen) atoms. The first-order valence-electron chi connectivity index (χ1n) is 7.11. The molecule has 0 amide bonds. The van der Waals surface area contributed by atoms with Crippen LogP contribution in [0.4, 0.5) is 0 Å². The highest BCUT2D eigenvalue weighted by Crippen LogP contribution is 2.34. The molecule has 5 heteroatoms. The van der Waals surface area contributed by atoms with Crippen LogP contribution in [0.5, 0.6) is 5.75 Å². The van der Waals surface area contributed by atoms with E-state index in [0.717, 1.165) is 38.6 Å². The van der Waals surface area contributed by atoms with Gasteiger partial charge < -0.3 is 4.74 Å². The minimum Gasteiger partial charge on any atom is -0.496 e. The lowest BCUT2D eigenvalue weighted by Gasteiger charge is -2.10. The predicted octanol–water partition coefficient (Wildman–Crippen LogP) is 5.45. The van der Waals surface area contributed by atoms with Crippen LogP contribution in [0, 0.1) is 6.92 Å². The number of rotatable bonds is 3. The zero-order valence-electron chi connectivity index (χ0n) is 13.0. The fourth-order valence-corrected chi connectivity index (χ4v) is 3.57. The van der Waals surface area contributed by atoms with Crippen LogP contribution in [-0.4, -0.2) is 17.1 Å². The number of aryl methyl sites for hydroxylation is 1. The van der Waals surface area contributed by atoms with E-state index in [1.165, 1.54) is 0 Å². The third-order valence-corrected chi connectivity index (χ3v) is 4.88. The standard InChI is InChI=1S/C17H17ClN2OS/c1-9(2)14-8-22-17(20-14)13-7-12(18)11-5-6-15(21-4)10(3)16(11)19-13/h5-9H,1-4H3. The van der Waals surface area contributed by atoms with Crippen LogP contribution in [0.1, 0.15) is 31.0 Å². The number of hydrogen-bond acceptors (Lipinski definition) is 4. The van der Waals surface area contributed by atoms with Crippen LogP contribution < -0.4 is 4.74 Å². The first-order chi connectivity index (χ1) is 10.5. The Morgan fingerprint density at radius 2 is 2.00 bits per heavy atom. The molecule has 0 atom stereocenters. The summed E-state index contributed by atoms with van der Waals surface area (Å²) < 4.78 is 5.38. The Labute approximate surface area is 138 Å². The molecule has 0 spiro atoms. The Bertz CT molecular complexity index is 842. The van der Waals surface area contributed by atoms with Gasteiger partial charge in [0.15, 0.2) is 0 Å². The van der Waals surface area contributed by atoms with Crippen molar-refractivity contribution in [1.82, 2.24) is 9.97 Å². The van der Waals surface area contributed by atoms with Crippen molar-refractivity contribution in [3.63, 3.8) is 0 Å². The summed E-state index contributed by atoms with van der Waals surface area (Å²) in [6.45, 7) is 6.26. The molecule has 0 saturated carbocycles. The van der Waals surface area contributed by atoms with Gasteiger partial charge in [-0.3, -0.25) is 0 Å². The van der Waals surface area contributed by atoms with Crippen LogP contribution in [0.15, 0.2) is 23.6 Å². The van der Waals surface area contributed by atoms with E-state index in [4.69, 9.17) is 21.3 Å². The summed E-state index contributed by atoms with van der Waals surface area (Å²) in [5.74, 6) is 1.22. The summed E-state index contributed by atoms with van der Waals surface area (Å²) in [7, 11) is 1.66. The fourth-order valence-electron chi connectivity index (χ4n) is 2.37. The Kier molecular flexibility index (Phi) is 4.06. The molecule has 0 N–H and O–H groups in total. The van der Waals surface area contributed by atoms with Crippen molar-refractivity contribution < 1.29 is 4.74 Å². The second kappa shape index (κ2) is 5.86. The molecule has 0 unspecified atom stereocenters. The molecule has 0 aliphatic rings. The summed E-state index contributed by atoms with van der Waals surface area (Å²) >= 11 is 8.05. The van der Waals surface area contributed by atoms with Crippen molar-refractivity contribution in [3.05, 3.63) is 39.9 Å². The number of fused-ring (bicyclic) bond motifs is 1. The van der Waals surface area contributed by atoms with Crippen molar-refractivity contribution in [3.8, 4) is 16.5 Å². The highest BCUT2D eigenvalue weighted by Gasteiger charge is 2.14. The maximum atomic E-state index is 6.44. The Hall–Kier alpha value is -1.65. The maximum absolute atomic E-state index is 6.44. The number of ether oxygens (including phenoxy) is 1. The molecule has 3 rings (SSSR count). The third kappa shape index (κ3) is 2.57. The lowest BCUT2D eigenvalue weighted by molar-refractivity contribution is 0.412. The summed E-state index contributed by atoms with van der Waals surface area (Å²) in [5.41, 5.74) is 3.75. The van der Waals surface area contributed by atoms with Crippen LogP contribution in [-0.2, 0) is 0 Å². The minimum atomic E-state index is 0.405. The van der Waals surface area contributed by atoms with E-state index in [0.29, 0.717) is 10.9 Å². The summed E-state index contributed by atoms with van der Waals surface area (Å²) in [6, 6.07) is 5.76. The molecule has 0 aliphatic carbocycles. The molecule has 0 aliphatic heterocycles. The number of hydrogen-bond donors (Lipinski definition) is 0. The molecule has 3 nitrogen and oxygen atoms in total. The number of aromatic nitrogens is 2. The third-order valence-electron chi connectivity index (χ3n) is 3.69. The highest BCUT2D eigenvalue weighted by atomic mass is 35.5. The molecule has 114 valence electrons. The van der Waals surface area contributed by atoms with Crippen molar-refractivity contribution in [2.24, 2.45) is 0 Å². The molecule has 3 aromatic rings. The van der Waals surface area contributed by atoms with Gasteiger partial charge in [-0.1, -0.05) is 25.4 Å². The molecule has 0 radical (unpaired) electrons. The first-order valence-corrected chi connectivity index (χ1v) is 8.36. The molecule has 0 saturated heterocycles. The molecule has 2 aromatic heterocycles. The van der Waals surface area contributed by atoms with Gasteiger partial charge in [0.05, 0.1) is 23.3 Å². The van der Waals surface area contributed by atoms with Gasteiger partial charge in [-0.15, -0.1) is 11.3 Å². The van der Waals surface area contributed by atoms with E-state index in [-0.39, 0.29) is 0 Å². The van der Waals surface area contributed by atoms with E-state index in [1.54, 1.807) is 18.4 Å². The molecule has 2 heterocycles. The van der Waals surface area contributed by atoms with Crippen molar-refractivity contribution in [2.45, 2.75) is 26.7 Å². The first kappa shape index (κ1) is 15.3.